The van der Waals surface area contributed by atoms with Gasteiger partial charge in [-0.15, -0.1) is 11.3 Å². The lowest BCUT2D eigenvalue weighted by Gasteiger charge is -2.08. The first-order valence-electron chi connectivity index (χ1n) is 5.15. The van der Waals surface area contributed by atoms with Crippen molar-refractivity contribution in [2.45, 2.75) is 5.92 Å². The molecular weight excluding hydrogens is 336 g/mol. The largest absolute Gasteiger partial charge is 0.291 e. The molecular formula is C13H6BrF2NOS. The summed E-state index contributed by atoms with van der Waals surface area (Å²) in [6, 6.07) is 6.16. The summed E-state index contributed by atoms with van der Waals surface area (Å²) in [5.74, 6) is -3.32. The molecule has 1 aromatic carbocycles. The van der Waals surface area contributed by atoms with E-state index in [1.165, 1.54) is 11.3 Å². The summed E-state index contributed by atoms with van der Waals surface area (Å²) in [6.07, 6.45) is 0. The van der Waals surface area contributed by atoms with Crippen LogP contribution in [-0.4, -0.2) is 5.78 Å². The monoisotopic (exact) mass is 341 g/mol. The predicted molar refractivity (Wildman–Crippen MR) is 71.1 cm³/mol. The normalized spacial score (nSPS) is 11.9. The van der Waals surface area contributed by atoms with E-state index in [-0.39, 0.29) is 5.56 Å². The number of thiophene rings is 1. The van der Waals surface area contributed by atoms with E-state index >= 15 is 0 Å². The summed E-state index contributed by atoms with van der Waals surface area (Å²) >= 11 is 4.37. The Bertz CT molecular complexity index is 657. The van der Waals surface area contributed by atoms with Crippen molar-refractivity contribution in [3.63, 3.8) is 0 Å². The van der Waals surface area contributed by atoms with Gasteiger partial charge in [-0.05, 0) is 45.1 Å². The summed E-state index contributed by atoms with van der Waals surface area (Å²) in [5, 5.41) is 10.8. The van der Waals surface area contributed by atoms with Gasteiger partial charge >= 0.3 is 0 Å². The molecule has 0 amide bonds. The second-order valence-electron chi connectivity index (χ2n) is 3.73. The first-order valence-corrected chi connectivity index (χ1v) is 6.83. The van der Waals surface area contributed by atoms with Gasteiger partial charge in [0.25, 0.3) is 0 Å². The van der Waals surface area contributed by atoms with E-state index in [9.17, 15) is 13.6 Å². The molecule has 0 aliphatic carbocycles. The van der Waals surface area contributed by atoms with Gasteiger partial charge in [0.15, 0.2) is 5.78 Å². The van der Waals surface area contributed by atoms with Gasteiger partial charge in [-0.25, -0.2) is 8.78 Å². The fourth-order valence-corrected chi connectivity index (χ4v) is 3.16. The van der Waals surface area contributed by atoms with Crippen LogP contribution in [-0.2, 0) is 0 Å². The van der Waals surface area contributed by atoms with Crippen molar-refractivity contribution in [2.24, 2.45) is 0 Å². The second-order valence-corrected chi connectivity index (χ2v) is 5.50. The lowest BCUT2D eigenvalue weighted by molar-refractivity contribution is 0.0982. The number of ketones is 1. The molecule has 0 saturated heterocycles. The molecule has 1 atom stereocenters. The molecule has 2 rings (SSSR count). The van der Waals surface area contributed by atoms with E-state index in [1.54, 1.807) is 17.5 Å². The molecule has 1 aromatic heterocycles. The fourth-order valence-electron chi connectivity index (χ4n) is 1.63. The van der Waals surface area contributed by atoms with E-state index in [2.05, 4.69) is 15.9 Å². The standard InChI is InChI=1S/C13H6BrF2NOS/c14-11-1-2-19-13(11)12(18)10(6-17)7-3-8(15)5-9(16)4-7/h1-5,10H. The minimum Gasteiger partial charge on any atom is -0.291 e. The first kappa shape index (κ1) is 13.8. The molecule has 0 fully saturated rings. The molecule has 96 valence electrons. The predicted octanol–water partition coefficient (Wildman–Crippen LogP) is 4.28. The van der Waals surface area contributed by atoms with E-state index in [4.69, 9.17) is 5.26 Å². The molecule has 6 heteroatoms. The minimum atomic E-state index is -1.22. The number of carbonyl (C=O) groups is 1. The van der Waals surface area contributed by atoms with Crippen LogP contribution >= 0.6 is 27.3 Å². The van der Waals surface area contributed by atoms with Crippen LogP contribution in [0.15, 0.2) is 34.1 Å². The SMILES string of the molecule is N#CC(C(=O)c1sccc1Br)c1cc(F)cc(F)c1. The van der Waals surface area contributed by atoms with Gasteiger partial charge in [0.1, 0.15) is 17.6 Å². The molecule has 0 saturated carbocycles. The lowest BCUT2D eigenvalue weighted by atomic mass is 9.95. The molecule has 1 heterocycles. The Morgan fingerprint density at radius 3 is 2.42 bits per heavy atom. The average molecular weight is 342 g/mol. The zero-order valence-corrected chi connectivity index (χ0v) is 11.8. The van der Waals surface area contributed by atoms with Gasteiger partial charge < -0.3 is 0 Å². The van der Waals surface area contributed by atoms with E-state index in [0.29, 0.717) is 15.4 Å². The summed E-state index contributed by atoms with van der Waals surface area (Å²) in [6.45, 7) is 0. The maximum atomic E-state index is 13.1. The van der Waals surface area contributed by atoms with Crippen molar-refractivity contribution in [3.05, 3.63) is 56.2 Å². The van der Waals surface area contributed by atoms with E-state index in [1.807, 2.05) is 0 Å². The topological polar surface area (TPSA) is 40.9 Å². The van der Waals surface area contributed by atoms with Crippen molar-refractivity contribution < 1.29 is 13.6 Å². The Kier molecular flexibility index (Phi) is 4.08. The van der Waals surface area contributed by atoms with Crippen LogP contribution in [0, 0.1) is 23.0 Å². The highest BCUT2D eigenvalue weighted by molar-refractivity contribution is 9.10. The van der Waals surface area contributed by atoms with Gasteiger partial charge in [0, 0.05) is 10.5 Å². The van der Waals surface area contributed by atoms with Gasteiger partial charge in [-0.2, -0.15) is 5.26 Å². The highest BCUT2D eigenvalue weighted by Crippen LogP contribution is 2.29. The number of hydrogen-bond acceptors (Lipinski definition) is 3. The Labute approximate surface area is 120 Å². The Hall–Kier alpha value is -1.58. The smallest absolute Gasteiger partial charge is 0.195 e. The zero-order chi connectivity index (χ0) is 14.0. The molecule has 0 radical (unpaired) electrons. The fraction of sp³-hybridized carbons (Fsp3) is 0.0769. The summed E-state index contributed by atoms with van der Waals surface area (Å²) in [4.78, 5) is 12.6. The lowest BCUT2D eigenvalue weighted by Crippen LogP contribution is -2.11. The average Bonchev–Trinajstić information content (AvgIpc) is 2.75. The molecule has 0 bridgehead atoms. The maximum absolute atomic E-state index is 13.1. The molecule has 19 heavy (non-hydrogen) atoms. The Balaban J connectivity index is 2.43. The van der Waals surface area contributed by atoms with E-state index < -0.39 is 23.3 Å². The molecule has 0 aliphatic heterocycles. The third-order valence-corrected chi connectivity index (χ3v) is 4.30. The first-order chi connectivity index (χ1) is 9.02. The molecule has 2 nitrogen and oxygen atoms in total. The summed E-state index contributed by atoms with van der Waals surface area (Å²) < 4.78 is 26.9. The number of nitriles is 1. The van der Waals surface area contributed by atoms with Crippen molar-refractivity contribution in [3.8, 4) is 6.07 Å². The maximum Gasteiger partial charge on any atom is 0.195 e. The molecule has 1 unspecified atom stereocenters. The number of hydrogen-bond donors (Lipinski definition) is 0. The summed E-state index contributed by atoms with van der Waals surface area (Å²) in [5.41, 5.74) is 0.0188. The highest BCUT2D eigenvalue weighted by Gasteiger charge is 2.25. The van der Waals surface area contributed by atoms with Gasteiger partial charge in [-0.1, -0.05) is 0 Å². The highest BCUT2D eigenvalue weighted by atomic mass is 79.9. The molecule has 0 aliphatic rings. The Morgan fingerprint density at radius 2 is 1.95 bits per heavy atom. The molecule has 0 N–H and O–H groups in total. The van der Waals surface area contributed by atoms with Gasteiger partial charge in [0.05, 0.1) is 10.9 Å². The zero-order valence-electron chi connectivity index (χ0n) is 9.36. The van der Waals surface area contributed by atoms with Crippen LogP contribution in [0.25, 0.3) is 0 Å². The van der Waals surface area contributed by atoms with Crippen LogP contribution in [0.3, 0.4) is 0 Å². The number of nitrogens with zero attached hydrogens (tertiary/aromatic N) is 1. The van der Waals surface area contributed by atoms with E-state index in [0.717, 1.165) is 12.1 Å². The summed E-state index contributed by atoms with van der Waals surface area (Å²) in [7, 11) is 0. The van der Waals surface area contributed by atoms with Gasteiger partial charge in [0.2, 0.25) is 0 Å². The number of halogens is 3. The Morgan fingerprint density at radius 1 is 1.32 bits per heavy atom. The quantitative estimate of drug-likeness (QED) is 0.782. The molecule has 2 aromatic rings. The van der Waals surface area contributed by atoms with Gasteiger partial charge in [-0.3, -0.25) is 4.79 Å². The molecule has 0 spiro atoms. The van der Waals surface area contributed by atoms with Crippen molar-refractivity contribution in [1.29, 1.82) is 5.26 Å². The van der Waals surface area contributed by atoms with Crippen molar-refractivity contribution >= 4 is 33.0 Å². The third kappa shape index (κ3) is 2.88. The third-order valence-electron chi connectivity index (χ3n) is 2.45. The van der Waals surface area contributed by atoms with Crippen molar-refractivity contribution in [1.82, 2.24) is 0 Å². The number of carbonyl (C=O) groups excluding carboxylic acids is 1. The number of Topliss-reactive ketones (excluding diaryl/α,β-unsaturated/α-hetero) is 1. The number of rotatable bonds is 3. The van der Waals surface area contributed by atoms with Crippen molar-refractivity contribution in [2.75, 3.05) is 0 Å². The van der Waals surface area contributed by atoms with Crippen LogP contribution in [0.1, 0.15) is 21.2 Å². The van der Waals surface area contributed by atoms with Crippen LogP contribution in [0.2, 0.25) is 0 Å². The minimum absolute atomic E-state index is 0.0188. The van der Waals surface area contributed by atoms with Crippen LogP contribution in [0.4, 0.5) is 8.78 Å². The van der Waals surface area contributed by atoms with Crippen LogP contribution in [0.5, 0.6) is 0 Å². The number of benzene rings is 1. The second kappa shape index (κ2) is 5.59. The van der Waals surface area contributed by atoms with Crippen LogP contribution < -0.4 is 0 Å².